The molecule has 2 aromatic heterocycles. The van der Waals surface area contributed by atoms with Crippen LogP contribution < -0.4 is 9.13 Å². The van der Waals surface area contributed by atoms with Gasteiger partial charge in [-0.25, -0.2) is 9.13 Å². The van der Waals surface area contributed by atoms with Crippen molar-refractivity contribution in [3.8, 4) is 6.07 Å². The van der Waals surface area contributed by atoms with Crippen LogP contribution in [0.2, 0.25) is 0 Å². The Hall–Kier alpha value is -1.37. The Balaban J connectivity index is 0.000000508. The molecule has 0 radical (unpaired) electrons. The van der Waals surface area contributed by atoms with Gasteiger partial charge in [0.1, 0.15) is 24.8 Å². The van der Waals surface area contributed by atoms with Crippen LogP contribution in [0, 0.1) is 11.3 Å². The zero-order valence-electron chi connectivity index (χ0n) is 16.7. The molecule has 1 aliphatic heterocycles. The van der Waals surface area contributed by atoms with E-state index in [1.807, 2.05) is 23.5 Å². The zero-order valence-corrected chi connectivity index (χ0v) is 20.1. The molecule has 0 unspecified atom stereocenters. The average molecular weight is 585 g/mol. The van der Waals surface area contributed by atoms with Crippen LogP contribution in [0.4, 0.5) is 50.4 Å². The van der Waals surface area contributed by atoms with E-state index in [0.29, 0.717) is 0 Å². The zero-order chi connectivity index (χ0) is 26.6. The number of halogens is 12. The van der Waals surface area contributed by atoms with Gasteiger partial charge in [0.15, 0.2) is 0 Å². The van der Waals surface area contributed by atoms with Gasteiger partial charge in [-0.05, 0) is 23.5 Å². The fourth-order valence-corrected chi connectivity index (χ4v) is 4.08. The second-order valence-corrected chi connectivity index (χ2v) is 12.1. The number of fused-ring (bicyclic) bond motifs is 2. The third-order valence-electron chi connectivity index (χ3n) is 2.72. The number of rotatable bonds is 0. The number of aromatic nitrogens is 4. The molecule has 0 amide bonds. The van der Waals surface area contributed by atoms with Gasteiger partial charge in [-0.3, -0.25) is 0 Å². The molecular formula is C12H17F12N5P2S2. The Morgan fingerprint density at radius 3 is 1.24 bits per heavy atom. The van der Waals surface area contributed by atoms with Gasteiger partial charge in [0.05, 0.1) is 25.2 Å². The second-order valence-electron chi connectivity index (χ2n) is 6.01. The minimum atomic E-state index is -10.7. The van der Waals surface area contributed by atoms with E-state index in [4.69, 9.17) is 5.26 Å². The summed E-state index contributed by atoms with van der Waals surface area (Å²) in [6, 6.07) is 1.75. The molecule has 0 spiro atoms. The summed E-state index contributed by atoms with van der Waals surface area (Å²) in [6.07, 6.45) is 8.51. The topological polar surface area (TPSA) is 41.4 Å². The van der Waals surface area contributed by atoms with Crippen molar-refractivity contribution in [3.05, 3.63) is 24.8 Å². The molecule has 0 aliphatic carbocycles. The molecule has 2 aromatic rings. The van der Waals surface area contributed by atoms with Crippen LogP contribution in [0.3, 0.4) is 0 Å². The Morgan fingerprint density at radius 1 is 0.758 bits per heavy atom. The number of thioether (sulfide) groups is 2. The van der Waals surface area contributed by atoms with E-state index in [1.54, 1.807) is 6.07 Å². The maximum atomic E-state index is 9.87. The summed E-state index contributed by atoms with van der Waals surface area (Å²) in [7, 11) is -17.1. The molecular weight excluding hydrogens is 568 g/mol. The fourth-order valence-electron chi connectivity index (χ4n) is 1.90. The molecule has 5 nitrogen and oxygen atoms in total. The van der Waals surface area contributed by atoms with E-state index >= 15 is 0 Å². The Kier molecular flexibility index (Phi) is 8.33. The van der Waals surface area contributed by atoms with Crippen LogP contribution in [0.25, 0.3) is 0 Å². The summed E-state index contributed by atoms with van der Waals surface area (Å²) in [5, 5.41) is 11.0. The van der Waals surface area contributed by atoms with Crippen molar-refractivity contribution in [1.82, 2.24) is 9.13 Å². The van der Waals surface area contributed by atoms with E-state index in [-0.39, 0.29) is 0 Å². The summed E-state index contributed by atoms with van der Waals surface area (Å²) in [5.41, 5.74) is 0. The Labute approximate surface area is 187 Å². The third-order valence-corrected chi connectivity index (χ3v) is 5.22. The van der Waals surface area contributed by atoms with Gasteiger partial charge in [0.25, 0.3) is 0 Å². The van der Waals surface area contributed by atoms with Crippen LogP contribution in [0.5, 0.6) is 0 Å². The standard InChI is InChI=1S/C10H14N4S2.C2H3N.2F6P/c1-11-3-5-13-7-14-6-4-12(2)10(14)16-8-15-9(11)13;1-2-3;2*1-7(2,3,4,5)6/h3-6H,7-8H2,1-2H3;1H3;;/q+2;;2*-1. The van der Waals surface area contributed by atoms with Crippen molar-refractivity contribution < 1.29 is 59.5 Å². The molecule has 3 rings (SSSR count). The first-order valence-corrected chi connectivity index (χ1v) is 13.9. The molecule has 196 valence electrons. The van der Waals surface area contributed by atoms with Crippen LogP contribution in [-0.4, -0.2) is 14.2 Å². The first-order valence-electron chi connectivity index (χ1n) is 7.86. The van der Waals surface area contributed by atoms with Crippen molar-refractivity contribution in [1.29, 1.82) is 5.26 Å². The molecule has 0 N–H and O–H groups in total. The molecule has 0 fully saturated rings. The van der Waals surface area contributed by atoms with Gasteiger partial charge in [-0.2, -0.15) is 14.4 Å². The predicted octanol–water partition coefficient (Wildman–Crippen LogP) is 7.89. The van der Waals surface area contributed by atoms with Crippen molar-refractivity contribution in [2.24, 2.45) is 14.1 Å². The predicted molar refractivity (Wildman–Crippen MR) is 102 cm³/mol. The summed E-state index contributed by atoms with van der Waals surface area (Å²) >= 11 is 3.79. The molecule has 0 saturated heterocycles. The van der Waals surface area contributed by atoms with Gasteiger partial charge in [0, 0.05) is 6.92 Å². The van der Waals surface area contributed by atoms with E-state index in [0.717, 1.165) is 11.8 Å². The number of nitriles is 1. The SMILES string of the molecule is CC#N.C[n+]1ccn2c1SCSc1n(cc[n+]1C)C2.F[P-](F)(F)(F)(F)F.F[P-](F)(F)(F)(F)F. The van der Waals surface area contributed by atoms with Gasteiger partial charge >= 0.3 is 76.3 Å². The maximum absolute atomic E-state index is 10.7. The van der Waals surface area contributed by atoms with Crippen molar-refractivity contribution >= 4 is 39.1 Å². The van der Waals surface area contributed by atoms with Gasteiger partial charge in [-0.15, -0.1) is 0 Å². The molecule has 0 atom stereocenters. The summed E-state index contributed by atoms with van der Waals surface area (Å²) in [4.78, 5) is 0. The summed E-state index contributed by atoms with van der Waals surface area (Å²) in [6.45, 7) is 2.33. The minimum absolute atomic E-state index is 0.895. The molecule has 0 saturated carbocycles. The van der Waals surface area contributed by atoms with E-state index in [1.165, 1.54) is 17.2 Å². The monoisotopic (exact) mass is 585 g/mol. The van der Waals surface area contributed by atoms with Gasteiger partial charge < -0.3 is 0 Å². The van der Waals surface area contributed by atoms with Crippen LogP contribution >= 0.6 is 39.1 Å². The molecule has 0 aromatic carbocycles. The van der Waals surface area contributed by atoms with Crippen LogP contribution in [0.1, 0.15) is 6.92 Å². The number of hydrogen-bond donors (Lipinski definition) is 0. The van der Waals surface area contributed by atoms with E-state index < -0.39 is 15.6 Å². The first kappa shape index (κ1) is 31.6. The number of imidazole rings is 2. The average Bonchev–Trinajstić information content (AvgIpc) is 2.96. The molecule has 0 bridgehead atoms. The summed E-state index contributed by atoms with van der Waals surface area (Å²) in [5.74, 6) is 0. The van der Waals surface area contributed by atoms with Gasteiger partial charge in [0.2, 0.25) is 6.67 Å². The van der Waals surface area contributed by atoms with Crippen LogP contribution in [0.15, 0.2) is 35.1 Å². The van der Waals surface area contributed by atoms with E-state index in [2.05, 4.69) is 57.2 Å². The summed E-state index contributed by atoms with van der Waals surface area (Å²) < 4.78 is 127. The third kappa shape index (κ3) is 20.9. The number of hydrogen-bond acceptors (Lipinski definition) is 3. The van der Waals surface area contributed by atoms with Crippen LogP contribution in [-0.2, 0) is 20.8 Å². The second kappa shape index (κ2) is 8.69. The molecule has 33 heavy (non-hydrogen) atoms. The van der Waals surface area contributed by atoms with Crippen molar-refractivity contribution in [3.63, 3.8) is 0 Å². The number of aryl methyl sites for hydroxylation is 2. The normalized spacial score (nSPS) is 17.4. The van der Waals surface area contributed by atoms with Crippen molar-refractivity contribution in [2.75, 3.05) is 5.08 Å². The fraction of sp³-hybridized carbons (Fsp3) is 0.417. The Morgan fingerprint density at radius 2 is 1.00 bits per heavy atom. The molecule has 3 heterocycles. The van der Waals surface area contributed by atoms with Crippen molar-refractivity contribution in [2.45, 2.75) is 23.9 Å². The quantitative estimate of drug-likeness (QED) is 0.179. The van der Waals surface area contributed by atoms with E-state index in [9.17, 15) is 50.4 Å². The number of nitrogens with zero attached hydrogens (tertiary/aromatic N) is 5. The Bertz CT molecular complexity index is 908. The first-order chi connectivity index (χ1) is 14.1. The molecule has 21 heteroatoms. The van der Waals surface area contributed by atoms with Gasteiger partial charge in [-0.1, -0.05) is 0 Å². The molecule has 1 aliphatic rings.